The number of thiazole rings is 2. The van der Waals surface area contributed by atoms with Crippen molar-refractivity contribution in [2.24, 2.45) is 0 Å². The van der Waals surface area contributed by atoms with E-state index in [1.807, 2.05) is 19.1 Å². The van der Waals surface area contributed by atoms with Gasteiger partial charge in [-0.15, -0.1) is 22.7 Å². The molecule has 0 spiro atoms. The summed E-state index contributed by atoms with van der Waals surface area (Å²) < 4.78 is 86.4. The van der Waals surface area contributed by atoms with Crippen LogP contribution in [0.2, 0.25) is 5.02 Å². The molecule has 8 nitrogen and oxygen atoms in total. The summed E-state index contributed by atoms with van der Waals surface area (Å²) in [5, 5.41) is 20.8. The van der Waals surface area contributed by atoms with Crippen LogP contribution in [0, 0.1) is 55.7 Å². The van der Waals surface area contributed by atoms with E-state index in [1.165, 1.54) is 0 Å². The van der Waals surface area contributed by atoms with Gasteiger partial charge in [-0.05, 0) is 50.6 Å². The molecule has 2 N–H and O–H groups in total. The lowest BCUT2D eigenvalue weighted by Crippen LogP contribution is -2.09. The fourth-order valence-electron chi connectivity index (χ4n) is 6.55. The van der Waals surface area contributed by atoms with Gasteiger partial charge in [0.1, 0.15) is 45.8 Å². The van der Waals surface area contributed by atoms with Gasteiger partial charge in [0.05, 0.1) is 9.40 Å². The number of aryl methyl sites for hydroxylation is 1. The van der Waals surface area contributed by atoms with E-state index in [9.17, 15) is 46.1 Å². The summed E-state index contributed by atoms with van der Waals surface area (Å²) in [4.78, 5) is 30.8. The van der Waals surface area contributed by atoms with Gasteiger partial charge in [-0.3, -0.25) is 9.59 Å². The number of hydrogen-bond acceptors (Lipinski definition) is 6. The summed E-state index contributed by atoms with van der Waals surface area (Å²) in [5.41, 5.74) is 3.68. The van der Waals surface area contributed by atoms with Crippen molar-refractivity contribution in [3.05, 3.63) is 105 Å². The smallest absolute Gasteiger partial charge is 0.323 e. The molecule has 276 valence electrons. The minimum atomic E-state index is -1.31. The Hall–Kier alpha value is -5.45. The van der Waals surface area contributed by atoms with Crippen molar-refractivity contribution in [2.45, 2.75) is 33.9 Å². The number of hydrogen-bond donors (Lipinski definition) is 2. The number of rotatable bonds is 6. The predicted molar refractivity (Wildman–Crippen MR) is 195 cm³/mol. The lowest BCUT2D eigenvalue weighted by Gasteiger charge is -2.04. The first-order valence-electron chi connectivity index (χ1n) is 15.8. The molecule has 4 aromatic heterocycles. The molecule has 8 aromatic rings. The highest BCUT2D eigenvalue weighted by atomic mass is 35.5. The molecule has 0 fully saturated rings. The summed E-state index contributed by atoms with van der Waals surface area (Å²) in [6.07, 6.45) is 0. The molecule has 0 atom stereocenters. The van der Waals surface area contributed by atoms with E-state index >= 15 is 0 Å². The highest BCUT2D eigenvalue weighted by molar-refractivity contribution is 7.22. The zero-order valence-corrected chi connectivity index (χ0v) is 30.4. The summed E-state index contributed by atoms with van der Waals surface area (Å²) in [5.74, 6) is -8.86. The molecule has 0 amide bonds. The van der Waals surface area contributed by atoms with Gasteiger partial charge in [0.25, 0.3) is 0 Å². The van der Waals surface area contributed by atoms with Gasteiger partial charge >= 0.3 is 11.9 Å². The third-order valence-electron chi connectivity index (χ3n) is 8.89. The molecule has 0 aliphatic carbocycles. The van der Waals surface area contributed by atoms with E-state index in [-0.39, 0.29) is 33.0 Å². The molecule has 0 bridgehead atoms. The Balaban J connectivity index is 0.000000167. The minimum absolute atomic E-state index is 0.0731. The first-order chi connectivity index (χ1) is 25.6. The number of fused-ring (bicyclic) bond motifs is 4. The summed E-state index contributed by atoms with van der Waals surface area (Å²) in [6.45, 7) is 4.73. The summed E-state index contributed by atoms with van der Waals surface area (Å²) in [6, 6.07) is 11.4. The average molecular weight is 801 g/mol. The average Bonchev–Trinajstić information content (AvgIpc) is 3.86. The molecule has 0 radical (unpaired) electrons. The number of aliphatic carboxylic acids is 2. The number of carbonyl (C=O) groups is 2. The quantitative estimate of drug-likeness (QED) is 0.128. The van der Waals surface area contributed by atoms with Crippen LogP contribution in [0.15, 0.2) is 48.5 Å². The maximum atomic E-state index is 14.1. The third kappa shape index (κ3) is 6.13. The van der Waals surface area contributed by atoms with Gasteiger partial charge < -0.3 is 19.3 Å². The van der Waals surface area contributed by atoms with Crippen LogP contribution in [0.1, 0.15) is 17.0 Å². The predicted octanol–water partition coefficient (Wildman–Crippen LogP) is 10.4. The van der Waals surface area contributed by atoms with Gasteiger partial charge in [-0.2, -0.15) is 0 Å². The van der Waals surface area contributed by atoms with E-state index in [1.54, 1.807) is 47.2 Å². The number of carboxylic acids is 2. The minimum Gasteiger partial charge on any atom is -0.480 e. The Morgan fingerprint density at radius 3 is 1.72 bits per heavy atom. The fraction of sp³-hybridized carbons (Fsp3) is 0.135. The number of halogens is 7. The van der Waals surface area contributed by atoms with Gasteiger partial charge in [-0.1, -0.05) is 23.7 Å². The standard InChI is InChI=1S/C19H13F3N2O2S.C18H10ClF3N2O2S/c1-8-4-3-5-12-14(8)15(9(2)24(12)7-13(25)26)19-23-17-16(22)10(20)6-11(21)18(17)27-19;1-7-14(9-4-8(19)2-3-12(9)24(7)6-13(25)26)18-23-16-15(22)10(20)5-11(21)17(16)27-18/h3-6H,7H2,1-2H3,(H,25,26);2-5H,6H2,1H3,(H,25,26). The summed E-state index contributed by atoms with van der Waals surface area (Å²) >= 11 is 7.87. The Morgan fingerprint density at radius 1 is 0.685 bits per heavy atom. The van der Waals surface area contributed by atoms with E-state index in [2.05, 4.69) is 9.97 Å². The van der Waals surface area contributed by atoms with Crippen molar-refractivity contribution in [3.63, 3.8) is 0 Å². The SMILES string of the molecule is Cc1c(-c2nc3c(F)c(F)cc(F)c3s2)c2cc(Cl)ccc2n1CC(=O)O.Cc1cccc2c1c(-c1nc3c(F)c(F)cc(F)c3s1)c(C)n2CC(=O)O. The number of benzene rings is 4. The second-order valence-electron chi connectivity index (χ2n) is 12.2. The zero-order valence-electron chi connectivity index (χ0n) is 28.0. The van der Waals surface area contributed by atoms with Crippen molar-refractivity contribution in [2.75, 3.05) is 0 Å². The lowest BCUT2D eigenvalue weighted by molar-refractivity contribution is -0.138. The first kappa shape index (κ1) is 36.9. The van der Waals surface area contributed by atoms with E-state index < -0.39 is 52.4 Å². The molecule has 0 saturated heterocycles. The van der Waals surface area contributed by atoms with Crippen molar-refractivity contribution < 1.29 is 46.1 Å². The largest absolute Gasteiger partial charge is 0.480 e. The second-order valence-corrected chi connectivity index (χ2v) is 14.6. The second kappa shape index (κ2) is 13.8. The number of aromatic nitrogens is 4. The van der Waals surface area contributed by atoms with Crippen LogP contribution in [-0.2, 0) is 22.7 Å². The van der Waals surface area contributed by atoms with Crippen LogP contribution in [0.5, 0.6) is 0 Å². The van der Waals surface area contributed by atoms with Gasteiger partial charge in [-0.25, -0.2) is 36.3 Å². The van der Waals surface area contributed by atoms with Crippen LogP contribution in [0.3, 0.4) is 0 Å². The van der Waals surface area contributed by atoms with Crippen molar-refractivity contribution in [3.8, 4) is 21.1 Å². The zero-order chi connectivity index (χ0) is 38.9. The van der Waals surface area contributed by atoms with E-state index in [0.29, 0.717) is 61.1 Å². The number of nitrogens with zero attached hydrogens (tertiary/aromatic N) is 4. The highest BCUT2D eigenvalue weighted by Gasteiger charge is 2.26. The van der Waals surface area contributed by atoms with Crippen LogP contribution in [0.4, 0.5) is 26.3 Å². The Bertz CT molecular complexity index is 2880. The van der Waals surface area contributed by atoms with Crippen LogP contribution in [-0.4, -0.2) is 41.3 Å². The van der Waals surface area contributed by atoms with Crippen LogP contribution >= 0.6 is 34.3 Å². The van der Waals surface area contributed by atoms with Gasteiger partial charge in [0.15, 0.2) is 23.3 Å². The van der Waals surface area contributed by atoms with Crippen LogP contribution < -0.4 is 0 Å². The van der Waals surface area contributed by atoms with Crippen molar-refractivity contribution in [1.82, 2.24) is 19.1 Å². The van der Waals surface area contributed by atoms with Crippen molar-refractivity contribution in [1.29, 1.82) is 0 Å². The topological polar surface area (TPSA) is 110 Å². The maximum absolute atomic E-state index is 14.1. The molecular formula is C37H23ClF6N4O4S2. The molecule has 0 aliphatic rings. The Morgan fingerprint density at radius 2 is 1.19 bits per heavy atom. The maximum Gasteiger partial charge on any atom is 0.323 e. The highest BCUT2D eigenvalue weighted by Crippen LogP contribution is 2.43. The molecule has 0 unspecified atom stereocenters. The lowest BCUT2D eigenvalue weighted by atomic mass is 10.1. The third-order valence-corrected chi connectivity index (χ3v) is 11.3. The monoisotopic (exact) mass is 800 g/mol. The molecule has 0 aliphatic heterocycles. The molecule has 4 heterocycles. The molecule has 0 saturated carbocycles. The van der Waals surface area contributed by atoms with Gasteiger partial charge in [0.2, 0.25) is 0 Å². The summed E-state index contributed by atoms with van der Waals surface area (Å²) in [7, 11) is 0. The fourth-order valence-corrected chi connectivity index (χ4v) is 8.87. The molecule has 4 aromatic carbocycles. The van der Waals surface area contributed by atoms with E-state index in [0.717, 1.165) is 33.6 Å². The number of carboxylic acid groups (broad SMARTS) is 2. The Kier molecular flexibility index (Phi) is 9.40. The first-order valence-corrected chi connectivity index (χ1v) is 17.8. The molecule has 8 rings (SSSR count). The molecule has 54 heavy (non-hydrogen) atoms. The van der Waals surface area contributed by atoms with Gasteiger partial charge in [0, 0.05) is 61.5 Å². The Labute approximate surface area is 313 Å². The molecule has 17 heteroatoms. The van der Waals surface area contributed by atoms with E-state index in [4.69, 9.17) is 11.6 Å². The van der Waals surface area contributed by atoms with Crippen molar-refractivity contribution >= 4 is 88.5 Å². The van der Waals surface area contributed by atoms with Crippen LogP contribution in [0.25, 0.3) is 63.4 Å². The molecular weight excluding hydrogens is 778 g/mol. The normalized spacial score (nSPS) is 11.6.